The molecule has 3 aromatic rings. The van der Waals surface area contributed by atoms with E-state index in [4.69, 9.17) is 4.52 Å². The second-order valence-electron chi connectivity index (χ2n) is 5.93. The number of sulfone groups is 1. The van der Waals surface area contributed by atoms with Gasteiger partial charge in [0, 0.05) is 11.6 Å². The van der Waals surface area contributed by atoms with Crippen LogP contribution in [0.2, 0.25) is 0 Å². The first-order chi connectivity index (χ1) is 11.6. The summed E-state index contributed by atoms with van der Waals surface area (Å²) in [4.78, 5) is 4.58. The number of aromatic nitrogens is 4. The predicted octanol–water partition coefficient (Wildman–Crippen LogP) is 2.04. The van der Waals surface area contributed by atoms with Gasteiger partial charge in [0.2, 0.25) is 5.89 Å². The minimum Gasteiger partial charge on any atom is -0.339 e. The predicted molar refractivity (Wildman–Crippen MR) is 85.0 cm³/mol. The minimum absolute atomic E-state index is 0.107. The van der Waals surface area contributed by atoms with E-state index >= 15 is 0 Å². The van der Waals surface area contributed by atoms with Crippen molar-refractivity contribution in [3.63, 3.8) is 0 Å². The van der Waals surface area contributed by atoms with Crippen LogP contribution < -0.4 is 0 Å². The van der Waals surface area contributed by atoms with E-state index in [0.29, 0.717) is 5.89 Å². The minimum atomic E-state index is -3.47. The van der Waals surface area contributed by atoms with Gasteiger partial charge in [-0.2, -0.15) is 10.1 Å². The molecule has 0 fully saturated rings. The third-order valence-electron chi connectivity index (χ3n) is 4.27. The quantitative estimate of drug-likeness (QED) is 0.777. The van der Waals surface area contributed by atoms with Gasteiger partial charge in [-0.05, 0) is 37.0 Å². The van der Waals surface area contributed by atoms with Crippen LogP contribution in [0.15, 0.2) is 45.9 Å². The van der Waals surface area contributed by atoms with E-state index < -0.39 is 9.84 Å². The molecule has 0 saturated heterocycles. The van der Waals surface area contributed by atoms with Gasteiger partial charge in [-0.3, -0.25) is 5.10 Å². The van der Waals surface area contributed by atoms with Gasteiger partial charge >= 0.3 is 0 Å². The summed E-state index contributed by atoms with van der Waals surface area (Å²) in [5, 5.41) is 10.9. The lowest BCUT2D eigenvalue weighted by Gasteiger charge is -2.17. The normalized spacial score (nSPS) is 17.6. The van der Waals surface area contributed by atoms with Crippen molar-refractivity contribution in [3.8, 4) is 0 Å². The van der Waals surface area contributed by atoms with Gasteiger partial charge in [0.1, 0.15) is 5.75 Å². The topological polar surface area (TPSA) is 102 Å². The van der Waals surface area contributed by atoms with Crippen LogP contribution in [0.1, 0.15) is 35.3 Å². The maximum Gasteiger partial charge on any atom is 0.230 e. The lowest BCUT2D eigenvalue weighted by atomic mass is 9.88. The Kier molecular flexibility index (Phi) is 3.68. The summed E-state index contributed by atoms with van der Waals surface area (Å²) in [5.74, 6) is 0.548. The van der Waals surface area contributed by atoms with Crippen molar-refractivity contribution in [3.05, 3.63) is 59.5 Å². The van der Waals surface area contributed by atoms with Crippen molar-refractivity contribution in [1.29, 1.82) is 0 Å². The van der Waals surface area contributed by atoms with Gasteiger partial charge in [0.05, 0.1) is 11.1 Å². The SMILES string of the molecule is O=S(=O)(Cc1noc(C2CCc3[nH]ncc3C2)n1)c1ccccc1. The van der Waals surface area contributed by atoms with E-state index in [9.17, 15) is 8.42 Å². The fourth-order valence-corrected chi connectivity index (χ4v) is 4.20. The van der Waals surface area contributed by atoms with Crippen LogP contribution in [-0.4, -0.2) is 28.8 Å². The summed E-state index contributed by atoms with van der Waals surface area (Å²) in [6.45, 7) is 0. The molecule has 7 nitrogen and oxygen atoms in total. The van der Waals surface area contributed by atoms with Crippen LogP contribution in [0, 0.1) is 0 Å². The fourth-order valence-electron chi connectivity index (χ4n) is 3.00. The molecule has 0 saturated carbocycles. The van der Waals surface area contributed by atoms with E-state index in [1.165, 1.54) is 0 Å². The zero-order valence-corrected chi connectivity index (χ0v) is 13.7. The highest BCUT2D eigenvalue weighted by Gasteiger charge is 2.27. The van der Waals surface area contributed by atoms with Gasteiger partial charge in [-0.25, -0.2) is 8.42 Å². The van der Waals surface area contributed by atoms with Crippen molar-refractivity contribution in [2.75, 3.05) is 0 Å². The summed E-state index contributed by atoms with van der Waals surface area (Å²) < 4.78 is 30.1. The fraction of sp³-hybridized carbons (Fsp3) is 0.312. The summed E-state index contributed by atoms with van der Waals surface area (Å²) in [7, 11) is -3.47. The van der Waals surface area contributed by atoms with Gasteiger partial charge in [0.15, 0.2) is 15.7 Å². The highest BCUT2D eigenvalue weighted by atomic mass is 32.2. The molecule has 1 aliphatic carbocycles. The highest BCUT2D eigenvalue weighted by Crippen LogP contribution is 2.30. The van der Waals surface area contributed by atoms with Gasteiger partial charge in [0.25, 0.3) is 0 Å². The molecule has 0 amide bonds. The molecule has 4 rings (SSSR count). The molecule has 124 valence electrons. The molecule has 2 heterocycles. The zero-order valence-electron chi connectivity index (χ0n) is 12.8. The summed E-state index contributed by atoms with van der Waals surface area (Å²) in [6, 6.07) is 8.30. The Labute approximate surface area is 139 Å². The Morgan fingerprint density at radius 1 is 1.25 bits per heavy atom. The first kappa shape index (κ1) is 15.1. The number of hydrogen-bond acceptors (Lipinski definition) is 6. The second-order valence-corrected chi connectivity index (χ2v) is 7.92. The van der Waals surface area contributed by atoms with Crippen molar-refractivity contribution in [2.45, 2.75) is 35.8 Å². The van der Waals surface area contributed by atoms with Crippen LogP contribution in [0.3, 0.4) is 0 Å². The number of benzene rings is 1. The largest absolute Gasteiger partial charge is 0.339 e. The molecule has 1 N–H and O–H groups in total. The molecule has 0 spiro atoms. The van der Waals surface area contributed by atoms with Crippen molar-refractivity contribution in [1.82, 2.24) is 20.3 Å². The maximum atomic E-state index is 12.4. The van der Waals surface area contributed by atoms with Crippen LogP contribution in [0.5, 0.6) is 0 Å². The number of nitrogens with one attached hydrogen (secondary N) is 1. The summed E-state index contributed by atoms with van der Waals surface area (Å²) in [6.07, 6.45) is 4.35. The number of fused-ring (bicyclic) bond motifs is 1. The number of aryl methyl sites for hydroxylation is 1. The van der Waals surface area contributed by atoms with Gasteiger partial charge in [-0.15, -0.1) is 0 Å². The maximum absolute atomic E-state index is 12.4. The van der Waals surface area contributed by atoms with Gasteiger partial charge in [-0.1, -0.05) is 23.4 Å². The third kappa shape index (κ3) is 2.84. The molecule has 0 radical (unpaired) electrons. The molecular formula is C16H16N4O3S. The molecule has 1 aliphatic rings. The van der Waals surface area contributed by atoms with Crippen LogP contribution in [0.25, 0.3) is 0 Å². The van der Waals surface area contributed by atoms with Crippen LogP contribution >= 0.6 is 0 Å². The van der Waals surface area contributed by atoms with Crippen molar-refractivity contribution < 1.29 is 12.9 Å². The number of aromatic amines is 1. The summed E-state index contributed by atoms with van der Waals surface area (Å²) >= 11 is 0. The van der Waals surface area contributed by atoms with E-state index in [1.807, 2.05) is 6.20 Å². The zero-order chi connectivity index (χ0) is 16.6. The Balaban J connectivity index is 1.52. The average Bonchev–Trinajstić information content (AvgIpc) is 3.23. The number of rotatable bonds is 4. The highest BCUT2D eigenvalue weighted by molar-refractivity contribution is 7.90. The van der Waals surface area contributed by atoms with E-state index in [-0.39, 0.29) is 22.4 Å². The Hall–Kier alpha value is -2.48. The number of H-pyrrole nitrogens is 1. The molecule has 8 heteroatoms. The molecule has 1 aromatic carbocycles. The molecule has 0 bridgehead atoms. The lowest BCUT2D eigenvalue weighted by molar-refractivity contribution is 0.338. The smallest absolute Gasteiger partial charge is 0.230 e. The van der Waals surface area contributed by atoms with Crippen molar-refractivity contribution in [2.24, 2.45) is 0 Å². The standard InChI is InChI=1S/C16H16N4O3S/c21-24(22,13-4-2-1-3-5-13)10-15-18-16(23-20-15)11-6-7-14-12(8-11)9-17-19-14/h1-5,9,11H,6-8,10H2,(H,17,19). The molecule has 1 atom stereocenters. The molecule has 24 heavy (non-hydrogen) atoms. The average molecular weight is 344 g/mol. The Morgan fingerprint density at radius 2 is 2.08 bits per heavy atom. The molecular weight excluding hydrogens is 328 g/mol. The molecule has 2 aromatic heterocycles. The number of hydrogen-bond donors (Lipinski definition) is 1. The van der Waals surface area contributed by atoms with Crippen molar-refractivity contribution >= 4 is 9.84 Å². The third-order valence-corrected chi connectivity index (χ3v) is 5.90. The monoisotopic (exact) mass is 344 g/mol. The molecule has 1 unspecified atom stereocenters. The van der Waals surface area contributed by atoms with E-state index in [0.717, 1.165) is 30.5 Å². The molecule has 0 aliphatic heterocycles. The first-order valence-corrected chi connectivity index (χ1v) is 9.38. The first-order valence-electron chi connectivity index (χ1n) is 7.73. The van der Waals surface area contributed by atoms with Gasteiger partial charge < -0.3 is 4.52 Å². The van der Waals surface area contributed by atoms with E-state index in [2.05, 4.69) is 20.3 Å². The Bertz CT molecular complexity index is 947. The second kappa shape index (κ2) is 5.86. The Morgan fingerprint density at radius 3 is 2.92 bits per heavy atom. The number of nitrogens with zero attached hydrogens (tertiary/aromatic N) is 3. The van der Waals surface area contributed by atoms with Crippen LogP contribution in [0.4, 0.5) is 0 Å². The lowest BCUT2D eigenvalue weighted by Crippen LogP contribution is -2.12. The van der Waals surface area contributed by atoms with Crippen LogP contribution in [-0.2, 0) is 28.4 Å². The summed E-state index contributed by atoms with van der Waals surface area (Å²) in [5.41, 5.74) is 2.31. The van der Waals surface area contributed by atoms with E-state index in [1.54, 1.807) is 30.3 Å².